The van der Waals surface area contributed by atoms with E-state index in [0.717, 1.165) is 0 Å². The van der Waals surface area contributed by atoms with Crippen LogP contribution in [0.2, 0.25) is 0 Å². The number of ether oxygens (including phenoxy) is 7. The molecule has 65 heavy (non-hydrogen) atoms. The van der Waals surface area contributed by atoms with Crippen molar-refractivity contribution in [3.05, 3.63) is 123 Å². The molecule has 0 bridgehead atoms. The van der Waals surface area contributed by atoms with Crippen LogP contribution in [0, 0.1) is 87.3 Å². The maximum Gasteiger partial charge on any atom is 0.408 e. The Morgan fingerprint density at radius 2 is 0.800 bits per heavy atom. The smallest absolute Gasteiger partial charge is 0.408 e. The van der Waals surface area contributed by atoms with Gasteiger partial charge in [-0.3, -0.25) is 9.59 Å². The van der Waals surface area contributed by atoms with Gasteiger partial charge in [-0.25, -0.2) is 44.3 Å². The molecule has 0 radical (unpaired) electrons. The Morgan fingerprint density at radius 3 is 1.20 bits per heavy atom. The highest BCUT2D eigenvalue weighted by molar-refractivity contribution is 5.73. The summed E-state index contributed by atoms with van der Waals surface area (Å²) < 4.78 is 241. The lowest BCUT2D eigenvalue weighted by Crippen LogP contribution is -2.58. The lowest BCUT2D eigenvalue weighted by molar-refractivity contribution is -0.136. The van der Waals surface area contributed by atoms with E-state index in [-0.39, 0.29) is 13.0 Å². The second-order valence-corrected chi connectivity index (χ2v) is 13.0. The molecule has 1 amide bonds. The van der Waals surface area contributed by atoms with Crippen LogP contribution < -0.4 is 19.5 Å². The number of hydrogen-bond donors (Lipinski definition) is 1. The molecule has 0 unspecified atom stereocenters. The summed E-state index contributed by atoms with van der Waals surface area (Å²) in [6.07, 6.45) is -3.64. The quantitative estimate of drug-likeness (QED) is 0.0206. The summed E-state index contributed by atoms with van der Waals surface area (Å²) in [7, 11) is 0. The third-order valence-corrected chi connectivity index (χ3v) is 8.24. The molecule has 0 atom stereocenters. The molecule has 4 rings (SSSR count). The molecule has 4 aromatic carbocycles. The van der Waals surface area contributed by atoms with Crippen molar-refractivity contribution in [2.45, 2.75) is 31.4 Å². The highest BCUT2D eigenvalue weighted by atomic mass is 19.2. The van der Waals surface area contributed by atoms with E-state index >= 15 is 0 Å². The van der Waals surface area contributed by atoms with Crippen molar-refractivity contribution in [1.82, 2.24) is 5.32 Å². The largest absolute Gasteiger partial charge is 0.487 e. The average Bonchev–Trinajstić information content (AvgIpc) is 3.29. The summed E-state index contributed by atoms with van der Waals surface area (Å²) in [6, 6.07) is 7.88. The maximum atomic E-state index is 14.1. The third kappa shape index (κ3) is 12.9. The number of carbonyl (C=O) groups excluding carboxylic acids is 3. The zero-order valence-electron chi connectivity index (χ0n) is 32.4. The van der Waals surface area contributed by atoms with Crippen LogP contribution >= 0.6 is 0 Å². The molecule has 0 heterocycles. The fraction of sp³-hybridized carbons (Fsp3) is 0.308. The first-order valence-electron chi connectivity index (χ1n) is 18.0. The molecule has 0 aliphatic carbocycles. The zero-order valence-corrected chi connectivity index (χ0v) is 32.4. The number of alkyl carbamates (subject to hydrolysis) is 1. The van der Waals surface area contributed by atoms with Crippen molar-refractivity contribution in [2.24, 2.45) is 0 Å². The third-order valence-electron chi connectivity index (χ3n) is 8.24. The van der Waals surface area contributed by atoms with Crippen molar-refractivity contribution in [3.8, 4) is 17.2 Å². The molecule has 11 nitrogen and oxygen atoms in total. The van der Waals surface area contributed by atoms with Crippen LogP contribution in [0.3, 0.4) is 0 Å². The molecule has 0 fully saturated rings. The fourth-order valence-electron chi connectivity index (χ4n) is 5.05. The van der Waals surface area contributed by atoms with E-state index in [1.807, 2.05) is 0 Å². The van der Waals surface area contributed by atoms with Crippen LogP contribution in [-0.2, 0) is 35.1 Å². The van der Waals surface area contributed by atoms with E-state index in [1.54, 1.807) is 30.3 Å². The van der Waals surface area contributed by atoms with Gasteiger partial charge in [0.2, 0.25) is 98.8 Å². The summed E-state index contributed by atoms with van der Waals surface area (Å²) >= 11 is 0. The monoisotopic (exact) mass is 955 g/mol. The van der Waals surface area contributed by atoms with Crippen LogP contribution in [0.5, 0.6) is 17.2 Å². The first kappa shape index (κ1) is 51.4. The number of amides is 1. The summed E-state index contributed by atoms with van der Waals surface area (Å²) in [5.74, 6) is -45.2. The van der Waals surface area contributed by atoms with Crippen LogP contribution in [0.4, 0.5) is 70.7 Å². The molecule has 1 N–H and O–H groups in total. The van der Waals surface area contributed by atoms with Gasteiger partial charge in [-0.1, -0.05) is 30.3 Å². The summed E-state index contributed by atoms with van der Waals surface area (Å²) in [5, 5.41) is 2.32. The lowest BCUT2D eigenvalue weighted by Gasteiger charge is -2.33. The van der Waals surface area contributed by atoms with Crippen molar-refractivity contribution in [3.63, 3.8) is 0 Å². The molecule has 0 aliphatic rings. The second kappa shape index (κ2) is 23.1. The summed E-state index contributed by atoms with van der Waals surface area (Å²) in [5.41, 5.74) is -1.63. The van der Waals surface area contributed by atoms with Gasteiger partial charge in [0.25, 0.3) is 0 Å². The molecule has 0 saturated heterocycles. The van der Waals surface area contributed by atoms with Crippen molar-refractivity contribution in [2.75, 3.05) is 46.2 Å². The minimum atomic E-state index is -2.55. The normalized spacial score (nSPS) is 11.4. The number of hydrogen-bond acceptors (Lipinski definition) is 10. The minimum absolute atomic E-state index is 0.382. The predicted molar refractivity (Wildman–Crippen MR) is 184 cm³/mol. The maximum absolute atomic E-state index is 14.1. The van der Waals surface area contributed by atoms with Crippen LogP contribution in [0.25, 0.3) is 0 Å². The number of halogens is 15. The van der Waals surface area contributed by atoms with Gasteiger partial charge in [0.05, 0.1) is 52.5 Å². The van der Waals surface area contributed by atoms with Crippen molar-refractivity contribution >= 4 is 18.0 Å². The molecular formula is C39H28F15NO10. The molecule has 26 heteroatoms. The number of esters is 2. The SMILES string of the molecule is O=C(CCOCC(COCCCOc1c(F)c(F)c(F)c(F)c1F)(COCCC(=O)Oc1c(F)c(F)c(F)c(F)c1F)NC(=O)OCc1ccccc1)Oc1c(F)c(F)c(F)c(F)c1F. The van der Waals surface area contributed by atoms with E-state index in [9.17, 15) is 80.2 Å². The van der Waals surface area contributed by atoms with Gasteiger partial charge in [-0.15, -0.1) is 0 Å². The van der Waals surface area contributed by atoms with Crippen LogP contribution in [-0.4, -0.2) is 69.8 Å². The molecule has 4 aromatic rings. The molecule has 354 valence electrons. The first-order chi connectivity index (χ1) is 30.7. The van der Waals surface area contributed by atoms with E-state index in [4.69, 9.17) is 23.7 Å². The molecular weight excluding hydrogens is 927 g/mol. The molecule has 0 spiro atoms. The van der Waals surface area contributed by atoms with E-state index in [1.165, 1.54) is 0 Å². The van der Waals surface area contributed by atoms with Gasteiger partial charge in [0, 0.05) is 13.0 Å². The first-order valence-corrected chi connectivity index (χ1v) is 18.0. The lowest BCUT2D eigenvalue weighted by atomic mass is 10.0. The van der Waals surface area contributed by atoms with Gasteiger partial charge in [-0.05, 0) is 5.56 Å². The summed E-state index contributed by atoms with van der Waals surface area (Å²) in [4.78, 5) is 37.8. The Kier molecular flexibility index (Phi) is 18.2. The Morgan fingerprint density at radius 1 is 0.446 bits per heavy atom. The van der Waals surface area contributed by atoms with E-state index in [2.05, 4.69) is 14.8 Å². The molecule has 0 aliphatic heterocycles. The Hall–Kier alpha value is -6.28. The highest BCUT2D eigenvalue weighted by Gasteiger charge is 2.36. The van der Waals surface area contributed by atoms with Crippen molar-refractivity contribution < 1.29 is 113 Å². The second-order valence-electron chi connectivity index (χ2n) is 13.0. The zero-order chi connectivity index (χ0) is 48.2. The number of nitrogens with one attached hydrogen (secondary N) is 1. The van der Waals surface area contributed by atoms with Gasteiger partial charge in [0.1, 0.15) is 12.1 Å². The Balaban J connectivity index is 1.50. The Bertz CT molecular complexity index is 2200. The highest BCUT2D eigenvalue weighted by Crippen LogP contribution is 2.32. The van der Waals surface area contributed by atoms with Gasteiger partial charge < -0.3 is 38.5 Å². The van der Waals surface area contributed by atoms with Gasteiger partial charge in [-0.2, -0.15) is 26.3 Å². The van der Waals surface area contributed by atoms with Crippen LogP contribution in [0.1, 0.15) is 24.8 Å². The van der Waals surface area contributed by atoms with E-state index < -0.39 is 187 Å². The van der Waals surface area contributed by atoms with Gasteiger partial charge in [0.15, 0.2) is 5.75 Å². The number of benzene rings is 4. The number of rotatable bonds is 22. The van der Waals surface area contributed by atoms with E-state index in [0.29, 0.717) is 5.56 Å². The predicted octanol–water partition coefficient (Wildman–Crippen LogP) is 8.25. The standard InChI is InChI=1S/C39H28F15NO10/c40-20-23(43)29(49)35(30(50)24(20)44)62-10-4-9-59-14-39(55-38(58)63-13-17-5-2-1-3-6-17,15-60-11-7-18(56)64-36-31(51)25(45)21(41)26(46)32(36)52)16-61-12-8-19(57)65-37-33(53)27(47)22(42)28(48)34(37)54/h1-3,5-6H,4,7-16H2,(H,55,58). The van der Waals surface area contributed by atoms with Crippen LogP contribution in [0.15, 0.2) is 30.3 Å². The molecule has 0 saturated carbocycles. The average molecular weight is 956 g/mol. The fourth-order valence-corrected chi connectivity index (χ4v) is 5.05. The number of carbonyl (C=O) groups is 3. The van der Waals surface area contributed by atoms with Gasteiger partial charge >= 0.3 is 18.0 Å². The summed E-state index contributed by atoms with van der Waals surface area (Å²) in [6.45, 7) is -5.85. The topological polar surface area (TPSA) is 128 Å². The Labute approximate surface area is 354 Å². The minimum Gasteiger partial charge on any atom is -0.487 e. The van der Waals surface area contributed by atoms with Crippen molar-refractivity contribution in [1.29, 1.82) is 0 Å². The molecule has 0 aromatic heterocycles.